The summed E-state index contributed by atoms with van der Waals surface area (Å²) >= 11 is 1.68. The van der Waals surface area contributed by atoms with Crippen LogP contribution >= 0.6 is 11.3 Å². The summed E-state index contributed by atoms with van der Waals surface area (Å²) in [5.41, 5.74) is 5.76. The highest BCUT2D eigenvalue weighted by atomic mass is 32.1. The van der Waals surface area contributed by atoms with E-state index in [1.807, 2.05) is 6.20 Å². The molecule has 0 unspecified atom stereocenters. The largest absolute Gasteiger partial charge is 0.389 e. The first-order valence-corrected chi connectivity index (χ1v) is 8.29. The lowest BCUT2D eigenvalue weighted by molar-refractivity contribution is -0.0394. The number of aryl methyl sites for hydroxylation is 1. The highest BCUT2D eigenvalue weighted by Gasteiger charge is 2.47. The number of aromatic nitrogens is 1. The molecule has 0 aromatic carbocycles. The molecule has 1 aromatic heterocycles. The summed E-state index contributed by atoms with van der Waals surface area (Å²) in [7, 11) is 0. The molecular weight excluding hydrogens is 240 g/mol. The molecule has 0 radical (unpaired) electrons. The quantitative estimate of drug-likeness (QED) is 0.901. The smallest absolute Gasteiger partial charge is 0.106 e. The van der Waals surface area contributed by atoms with Crippen LogP contribution in [0.4, 0.5) is 5.00 Å². The number of anilines is 1. The Labute approximate surface area is 113 Å². The lowest BCUT2D eigenvalue weighted by atomic mass is 9.51. The third kappa shape index (κ3) is 1.87. The van der Waals surface area contributed by atoms with Crippen LogP contribution in [-0.4, -0.2) is 4.98 Å². The number of hydrogen-bond acceptors (Lipinski definition) is 3. The highest BCUT2D eigenvalue weighted by Crippen LogP contribution is 2.57. The number of nitrogen functional groups attached to an aromatic ring is 1. The van der Waals surface area contributed by atoms with Gasteiger partial charge in [0.05, 0.1) is 11.2 Å². The van der Waals surface area contributed by atoms with Crippen LogP contribution in [0, 0.1) is 29.6 Å². The molecule has 5 rings (SSSR count). The predicted octanol–water partition coefficient (Wildman–Crippen LogP) is 3.73. The molecule has 0 spiro atoms. The molecule has 0 atom stereocenters. The molecule has 4 bridgehead atoms. The molecule has 0 amide bonds. The minimum absolute atomic E-state index is 0.870. The monoisotopic (exact) mass is 262 g/mol. The van der Waals surface area contributed by atoms with E-state index in [2.05, 4.69) is 4.98 Å². The van der Waals surface area contributed by atoms with Crippen molar-refractivity contribution in [2.45, 2.75) is 44.9 Å². The van der Waals surface area contributed by atoms with Gasteiger partial charge in [-0.25, -0.2) is 4.98 Å². The molecule has 1 aromatic rings. The van der Waals surface area contributed by atoms with Crippen LogP contribution in [-0.2, 0) is 6.42 Å². The van der Waals surface area contributed by atoms with Gasteiger partial charge >= 0.3 is 0 Å². The molecule has 3 heteroatoms. The van der Waals surface area contributed by atoms with Gasteiger partial charge in [-0.15, -0.1) is 11.3 Å². The van der Waals surface area contributed by atoms with Crippen LogP contribution < -0.4 is 5.73 Å². The maximum absolute atomic E-state index is 5.76. The van der Waals surface area contributed by atoms with Crippen LogP contribution in [0.2, 0.25) is 0 Å². The van der Waals surface area contributed by atoms with Crippen molar-refractivity contribution in [3.05, 3.63) is 11.2 Å². The van der Waals surface area contributed by atoms with E-state index in [1.165, 1.54) is 37.1 Å². The van der Waals surface area contributed by atoms with Crippen LogP contribution in [0.15, 0.2) is 6.20 Å². The van der Waals surface area contributed by atoms with E-state index in [0.29, 0.717) is 0 Å². The normalized spacial score (nSPS) is 41.4. The molecule has 4 fully saturated rings. The fourth-order valence-corrected chi connectivity index (χ4v) is 5.94. The molecule has 98 valence electrons. The predicted molar refractivity (Wildman–Crippen MR) is 75.4 cm³/mol. The summed E-state index contributed by atoms with van der Waals surface area (Å²) in [6.45, 7) is 0. The van der Waals surface area contributed by atoms with Gasteiger partial charge in [-0.05, 0) is 74.5 Å². The van der Waals surface area contributed by atoms with Gasteiger partial charge in [0.15, 0.2) is 0 Å². The average molecular weight is 262 g/mol. The Bertz CT molecular complexity index is 411. The molecule has 0 saturated heterocycles. The number of nitrogens with zero attached hydrogens (tertiary/aromatic N) is 1. The van der Waals surface area contributed by atoms with Crippen molar-refractivity contribution in [3.8, 4) is 0 Å². The lowest BCUT2D eigenvalue weighted by Gasteiger charge is -2.54. The number of rotatable bonds is 3. The summed E-state index contributed by atoms with van der Waals surface area (Å²) in [6, 6.07) is 0. The Morgan fingerprint density at radius 3 is 2.33 bits per heavy atom. The molecule has 4 saturated carbocycles. The van der Waals surface area contributed by atoms with Crippen molar-refractivity contribution in [3.63, 3.8) is 0 Å². The second kappa shape index (κ2) is 4.22. The van der Waals surface area contributed by atoms with Crippen LogP contribution in [0.25, 0.3) is 0 Å². The Kier molecular flexibility index (Phi) is 2.65. The minimum Gasteiger partial charge on any atom is -0.389 e. The topological polar surface area (TPSA) is 38.9 Å². The highest BCUT2D eigenvalue weighted by molar-refractivity contribution is 7.15. The van der Waals surface area contributed by atoms with Crippen molar-refractivity contribution in [1.82, 2.24) is 4.98 Å². The van der Waals surface area contributed by atoms with E-state index in [1.54, 1.807) is 17.8 Å². The van der Waals surface area contributed by atoms with Gasteiger partial charge in [0.1, 0.15) is 5.00 Å². The molecule has 18 heavy (non-hydrogen) atoms. The van der Waals surface area contributed by atoms with E-state index in [4.69, 9.17) is 5.73 Å². The zero-order valence-corrected chi connectivity index (χ0v) is 11.7. The number of thiazole rings is 1. The first-order chi connectivity index (χ1) is 8.78. The van der Waals surface area contributed by atoms with Crippen molar-refractivity contribution in [2.75, 3.05) is 5.73 Å². The molecular formula is C15H22N2S. The molecule has 1 heterocycles. The molecule has 4 aliphatic carbocycles. The van der Waals surface area contributed by atoms with Crippen molar-refractivity contribution in [2.24, 2.45) is 29.6 Å². The Balaban J connectivity index is 1.43. The van der Waals surface area contributed by atoms with Gasteiger partial charge in [0, 0.05) is 0 Å². The zero-order valence-electron chi connectivity index (χ0n) is 10.8. The summed E-state index contributed by atoms with van der Waals surface area (Å²) in [5.74, 6) is 5.30. The van der Waals surface area contributed by atoms with Crippen LogP contribution in [0.1, 0.15) is 43.5 Å². The van der Waals surface area contributed by atoms with E-state index < -0.39 is 0 Å². The Morgan fingerprint density at radius 2 is 1.78 bits per heavy atom. The van der Waals surface area contributed by atoms with Gasteiger partial charge < -0.3 is 5.73 Å². The molecule has 2 N–H and O–H groups in total. The lowest BCUT2D eigenvalue weighted by Crippen LogP contribution is -2.45. The van der Waals surface area contributed by atoms with Crippen molar-refractivity contribution >= 4 is 16.3 Å². The molecule has 0 aliphatic heterocycles. The number of nitrogens with two attached hydrogens (primary N) is 1. The van der Waals surface area contributed by atoms with E-state index in [-0.39, 0.29) is 0 Å². The Morgan fingerprint density at radius 1 is 1.11 bits per heavy atom. The first kappa shape index (κ1) is 11.3. The van der Waals surface area contributed by atoms with Crippen molar-refractivity contribution < 1.29 is 0 Å². The standard InChI is InChI=1S/C15H22N2S/c16-14-8-17-15(18-14)2-1-13-11-4-9-3-10(6-11)7-12(13)5-9/h8-13H,1-7,16H2. The van der Waals surface area contributed by atoms with Crippen LogP contribution in [0.3, 0.4) is 0 Å². The third-order valence-corrected chi connectivity index (χ3v) is 6.57. The van der Waals surface area contributed by atoms with Gasteiger partial charge in [0.2, 0.25) is 0 Å². The summed E-state index contributed by atoms with van der Waals surface area (Å²) in [4.78, 5) is 4.41. The average Bonchev–Trinajstić information content (AvgIpc) is 2.73. The summed E-state index contributed by atoms with van der Waals surface area (Å²) in [5, 5.41) is 2.12. The molecule has 2 nitrogen and oxygen atoms in total. The van der Waals surface area contributed by atoms with E-state index >= 15 is 0 Å². The van der Waals surface area contributed by atoms with Crippen molar-refractivity contribution in [1.29, 1.82) is 0 Å². The van der Waals surface area contributed by atoms with E-state index in [9.17, 15) is 0 Å². The second-order valence-corrected chi connectivity index (χ2v) is 7.94. The second-order valence-electron chi connectivity index (χ2n) is 6.79. The van der Waals surface area contributed by atoms with Gasteiger partial charge in [0.25, 0.3) is 0 Å². The van der Waals surface area contributed by atoms with Gasteiger partial charge in [-0.1, -0.05) is 0 Å². The Hall–Kier alpha value is -0.570. The minimum atomic E-state index is 0.870. The molecule has 4 aliphatic rings. The fourth-order valence-electron chi connectivity index (χ4n) is 5.24. The first-order valence-electron chi connectivity index (χ1n) is 7.48. The summed E-state index contributed by atoms with van der Waals surface area (Å²) < 4.78 is 0. The zero-order chi connectivity index (χ0) is 12.1. The third-order valence-electron chi connectivity index (χ3n) is 5.68. The van der Waals surface area contributed by atoms with Gasteiger partial charge in [-0.2, -0.15) is 0 Å². The van der Waals surface area contributed by atoms with Gasteiger partial charge in [-0.3, -0.25) is 0 Å². The summed E-state index contributed by atoms with van der Waals surface area (Å²) in [6.07, 6.45) is 12.1. The van der Waals surface area contributed by atoms with E-state index in [0.717, 1.165) is 41.0 Å². The SMILES string of the molecule is Nc1cnc(CCC2C3CC4CC(C3)CC2C4)s1. The van der Waals surface area contributed by atoms with Crippen LogP contribution in [0.5, 0.6) is 0 Å². The maximum atomic E-state index is 5.76. The maximum Gasteiger partial charge on any atom is 0.106 e. The number of hydrogen-bond donors (Lipinski definition) is 1. The fraction of sp³-hybridized carbons (Fsp3) is 0.800.